The highest BCUT2D eigenvalue weighted by molar-refractivity contribution is 6.04. The van der Waals surface area contributed by atoms with E-state index >= 15 is 0 Å². The first-order valence-electron chi connectivity index (χ1n) is 14.8. The van der Waals surface area contributed by atoms with Crippen molar-refractivity contribution in [1.29, 1.82) is 0 Å². The summed E-state index contributed by atoms with van der Waals surface area (Å²) in [5, 5.41) is 13.3. The van der Waals surface area contributed by atoms with Gasteiger partial charge >= 0.3 is 0 Å². The van der Waals surface area contributed by atoms with Crippen LogP contribution in [0.15, 0.2) is 60.8 Å². The molecule has 0 bridgehead atoms. The summed E-state index contributed by atoms with van der Waals surface area (Å²) in [6.07, 6.45) is 6.26. The fraction of sp³-hybridized carbons (Fsp3) is 0.394. The number of amides is 2. The zero-order chi connectivity index (χ0) is 29.2. The first-order chi connectivity index (χ1) is 20.4. The van der Waals surface area contributed by atoms with E-state index in [1.165, 1.54) is 5.56 Å². The first kappa shape index (κ1) is 27.9. The van der Waals surface area contributed by atoms with Crippen LogP contribution in [-0.4, -0.2) is 62.7 Å². The maximum absolute atomic E-state index is 13.6. The molecule has 1 saturated heterocycles. The number of hydrogen-bond acceptors (Lipinski definition) is 6. The number of piperidine rings is 1. The van der Waals surface area contributed by atoms with E-state index in [0.29, 0.717) is 28.9 Å². The molecule has 2 fully saturated rings. The molecule has 1 aliphatic carbocycles. The monoisotopic (exact) mass is 567 g/mol. The van der Waals surface area contributed by atoms with E-state index in [4.69, 9.17) is 9.72 Å². The second kappa shape index (κ2) is 11.9. The highest BCUT2D eigenvalue weighted by Crippen LogP contribution is 2.37. The maximum atomic E-state index is 13.6. The quantitative estimate of drug-likeness (QED) is 0.316. The van der Waals surface area contributed by atoms with Gasteiger partial charge in [-0.05, 0) is 86.4 Å². The number of aliphatic hydroxyl groups is 1. The number of pyridine rings is 1. The Labute approximate surface area is 245 Å². The fourth-order valence-corrected chi connectivity index (χ4v) is 6.42. The summed E-state index contributed by atoms with van der Waals surface area (Å²) < 4.78 is 7.64. The molecule has 2 N–H and O–H groups in total. The number of para-hydroxylation sites is 1. The molecular weight excluding hydrogens is 530 g/mol. The van der Waals surface area contributed by atoms with E-state index in [0.717, 1.165) is 68.2 Å². The number of imidazole rings is 1. The van der Waals surface area contributed by atoms with Crippen LogP contribution in [0.25, 0.3) is 22.3 Å². The van der Waals surface area contributed by atoms with Crippen molar-refractivity contribution in [1.82, 2.24) is 19.4 Å². The van der Waals surface area contributed by atoms with Crippen molar-refractivity contribution in [2.24, 2.45) is 0 Å². The van der Waals surface area contributed by atoms with Gasteiger partial charge in [-0.1, -0.05) is 18.2 Å². The number of methoxy groups -OCH3 is 1. The molecular formula is C33H37N5O4. The minimum absolute atomic E-state index is 0.125. The van der Waals surface area contributed by atoms with Crippen LogP contribution in [-0.2, 0) is 4.79 Å². The van der Waals surface area contributed by atoms with Gasteiger partial charge in [0.25, 0.3) is 5.91 Å². The second-order valence-electron chi connectivity index (χ2n) is 11.4. The molecule has 42 heavy (non-hydrogen) atoms. The van der Waals surface area contributed by atoms with Crippen LogP contribution in [0.2, 0.25) is 0 Å². The van der Waals surface area contributed by atoms with Gasteiger partial charge in [0, 0.05) is 43.4 Å². The highest BCUT2D eigenvalue weighted by Gasteiger charge is 2.27. The lowest BCUT2D eigenvalue weighted by molar-refractivity contribution is -0.129. The SMILES string of the molecule is COc1ccccc1-c1cc(C(=O)Nc2nc3cc(C4CCN(C(C)=O)CC4)ccc3n2C2CCC(O)CC2)ccn1. The van der Waals surface area contributed by atoms with Crippen LogP contribution in [0.5, 0.6) is 5.75 Å². The molecule has 218 valence electrons. The number of rotatable bonds is 6. The largest absolute Gasteiger partial charge is 0.496 e. The Kier molecular flexibility index (Phi) is 7.93. The Hall–Kier alpha value is -4.24. The predicted molar refractivity (Wildman–Crippen MR) is 162 cm³/mol. The third-order valence-corrected chi connectivity index (χ3v) is 8.79. The minimum atomic E-state index is -0.285. The summed E-state index contributed by atoms with van der Waals surface area (Å²) in [7, 11) is 1.62. The summed E-state index contributed by atoms with van der Waals surface area (Å²) in [6.45, 7) is 3.16. The average molecular weight is 568 g/mol. The minimum Gasteiger partial charge on any atom is -0.496 e. The van der Waals surface area contributed by atoms with Gasteiger partial charge in [-0.3, -0.25) is 19.9 Å². The Bertz CT molecular complexity index is 1600. The Morgan fingerprint density at radius 2 is 1.74 bits per heavy atom. The van der Waals surface area contributed by atoms with E-state index in [-0.39, 0.29) is 24.0 Å². The van der Waals surface area contributed by atoms with Crippen molar-refractivity contribution >= 4 is 28.8 Å². The molecule has 1 aliphatic heterocycles. The van der Waals surface area contributed by atoms with Crippen molar-refractivity contribution in [3.63, 3.8) is 0 Å². The van der Waals surface area contributed by atoms with Crippen molar-refractivity contribution in [3.8, 4) is 17.0 Å². The van der Waals surface area contributed by atoms with Crippen molar-refractivity contribution < 1.29 is 19.4 Å². The number of likely N-dealkylation sites (tertiary alicyclic amines) is 1. The molecule has 3 heterocycles. The number of hydrogen-bond donors (Lipinski definition) is 2. The molecule has 2 aromatic carbocycles. The molecule has 9 heteroatoms. The van der Waals surface area contributed by atoms with Gasteiger partial charge in [0.05, 0.1) is 29.9 Å². The van der Waals surface area contributed by atoms with E-state index in [2.05, 4.69) is 33.1 Å². The van der Waals surface area contributed by atoms with E-state index in [1.807, 2.05) is 29.2 Å². The van der Waals surface area contributed by atoms with Gasteiger partial charge in [-0.2, -0.15) is 0 Å². The van der Waals surface area contributed by atoms with Crippen LogP contribution in [0, 0.1) is 0 Å². The number of nitrogens with zero attached hydrogens (tertiary/aromatic N) is 4. The van der Waals surface area contributed by atoms with E-state index in [1.54, 1.807) is 32.4 Å². The number of carbonyl (C=O) groups excluding carboxylic acids is 2. The molecule has 0 radical (unpaired) electrons. The Morgan fingerprint density at radius 1 is 0.976 bits per heavy atom. The lowest BCUT2D eigenvalue weighted by atomic mass is 9.89. The number of aliphatic hydroxyl groups excluding tert-OH is 1. The predicted octanol–water partition coefficient (Wildman–Crippen LogP) is 5.56. The summed E-state index contributed by atoms with van der Waals surface area (Å²) in [4.78, 5) is 36.8. The molecule has 2 aliphatic rings. The third kappa shape index (κ3) is 5.61. The summed E-state index contributed by atoms with van der Waals surface area (Å²) in [5.41, 5.74) is 4.96. The zero-order valence-corrected chi connectivity index (χ0v) is 24.1. The van der Waals surface area contributed by atoms with Gasteiger partial charge < -0.3 is 19.3 Å². The normalized spacial score (nSPS) is 19.5. The molecule has 1 saturated carbocycles. The third-order valence-electron chi connectivity index (χ3n) is 8.79. The van der Waals surface area contributed by atoms with E-state index in [9.17, 15) is 14.7 Å². The molecule has 2 amide bonds. The van der Waals surface area contributed by atoms with Crippen molar-refractivity contribution in [2.45, 2.75) is 63.5 Å². The topological polar surface area (TPSA) is 110 Å². The summed E-state index contributed by atoms with van der Waals surface area (Å²) in [5.74, 6) is 1.42. The zero-order valence-electron chi connectivity index (χ0n) is 24.1. The fourth-order valence-electron chi connectivity index (χ4n) is 6.42. The molecule has 9 nitrogen and oxygen atoms in total. The van der Waals surface area contributed by atoms with Crippen LogP contribution >= 0.6 is 0 Å². The van der Waals surface area contributed by atoms with Gasteiger partial charge in [0.1, 0.15) is 5.75 Å². The summed E-state index contributed by atoms with van der Waals surface area (Å²) >= 11 is 0. The number of anilines is 1. The molecule has 6 rings (SSSR count). The standard InChI is InChI=1S/C33H37N5O4/c1-21(39)37-17-14-22(15-18-37)23-7-12-30-29(19-23)35-33(38(30)25-8-10-26(40)11-9-25)36-32(41)24-13-16-34-28(20-24)27-5-3-4-6-31(27)42-2/h3-7,12-13,16,19-20,22,25-26,40H,8-11,14-15,17-18H2,1-2H3,(H,35,36,41). The Balaban J connectivity index is 1.31. The van der Waals surface area contributed by atoms with Gasteiger partial charge in [-0.25, -0.2) is 4.98 Å². The molecule has 4 aromatic rings. The number of aromatic nitrogens is 3. The maximum Gasteiger partial charge on any atom is 0.258 e. The van der Waals surface area contributed by atoms with Crippen molar-refractivity contribution in [3.05, 3.63) is 71.9 Å². The smallest absolute Gasteiger partial charge is 0.258 e. The van der Waals surface area contributed by atoms with Crippen LogP contribution in [0.1, 0.15) is 73.3 Å². The lowest BCUT2D eigenvalue weighted by Gasteiger charge is -2.31. The number of benzene rings is 2. The number of carbonyl (C=O) groups is 2. The van der Waals surface area contributed by atoms with Gasteiger partial charge in [-0.15, -0.1) is 0 Å². The van der Waals surface area contributed by atoms with E-state index < -0.39 is 0 Å². The molecule has 2 aromatic heterocycles. The van der Waals surface area contributed by atoms with Crippen LogP contribution in [0.4, 0.5) is 5.95 Å². The average Bonchev–Trinajstić information content (AvgIpc) is 3.38. The first-order valence-corrected chi connectivity index (χ1v) is 14.8. The molecule has 0 unspecified atom stereocenters. The number of nitrogens with one attached hydrogen (secondary N) is 1. The number of ether oxygens (including phenoxy) is 1. The Morgan fingerprint density at radius 3 is 2.48 bits per heavy atom. The van der Waals surface area contributed by atoms with Gasteiger partial charge in [0.2, 0.25) is 11.9 Å². The molecule has 0 spiro atoms. The molecule has 0 atom stereocenters. The van der Waals surface area contributed by atoms with Crippen LogP contribution in [0.3, 0.4) is 0 Å². The van der Waals surface area contributed by atoms with Crippen LogP contribution < -0.4 is 10.1 Å². The number of fused-ring (bicyclic) bond motifs is 1. The summed E-state index contributed by atoms with van der Waals surface area (Å²) in [6, 6.07) is 17.6. The lowest BCUT2D eigenvalue weighted by Crippen LogP contribution is -2.36. The van der Waals surface area contributed by atoms with Gasteiger partial charge in [0.15, 0.2) is 0 Å². The van der Waals surface area contributed by atoms with Crippen molar-refractivity contribution in [2.75, 3.05) is 25.5 Å². The highest BCUT2D eigenvalue weighted by atomic mass is 16.5. The second-order valence-corrected chi connectivity index (χ2v) is 11.4.